The normalized spacial score (nSPS) is 10.7. The third-order valence-corrected chi connectivity index (χ3v) is 4.25. The van der Waals surface area contributed by atoms with Crippen LogP contribution in [0, 0.1) is 13.8 Å². The van der Waals surface area contributed by atoms with Crippen LogP contribution >= 0.6 is 0 Å². The summed E-state index contributed by atoms with van der Waals surface area (Å²) in [6.07, 6.45) is 1.26. The van der Waals surface area contributed by atoms with Crippen molar-refractivity contribution in [2.75, 3.05) is 0 Å². The molecule has 3 rings (SSSR count). The Kier molecular flexibility index (Phi) is 4.57. The molecule has 8 nitrogen and oxygen atoms in total. The number of hydrogen-bond donors (Lipinski definition) is 2. The lowest BCUT2D eigenvalue weighted by Gasteiger charge is -2.07. The fourth-order valence-corrected chi connectivity index (χ4v) is 2.87. The standard InChI is InChI=1S/C18H19N5O3/c1-11-14(12(2)23(21-11)13-7-5-4-6-8-13)9-19-17(24)15-10-20-22(3)16(15)18(25)26/h4-8,10H,9H2,1-3H3,(H,19,24)(H,25,26). The highest BCUT2D eigenvalue weighted by molar-refractivity contribution is 6.03. The Balaban J connectivity index is 1.82. The maximum atomic E-state index is 12.4. The summed E-state index contributed by atoms with van der Waals surface area (Å²) >= 11 is 0. The minimum atomic E-state index is -1.19. The Morgan fingerprint density at radius 1 is 1.19 bits per heavy atom. The second-order valence-electron chi connectivity index (χ2n) is 5.92. The molecule has 0 atom stereocenters. The average Bonchev–Trinajstić information content (AvgIpc) is 3.14. The molecule has 0 unspecified atom stereocenters. The average molecular weight is 353 g/mol. The summed E-state index contributed by atoms with van der Waals surface area (Å²) in [7, 11) is 1.48. The van der Waals surface area contributed by atoms with Crippen LogP contribution in [0.1, 0.15) is 37.8 Å². The van der Waals surface area contributed by atoms with E-state index < -0.39 is 11.9 Å². The van der Waals surface area contributed by atoms with Crippen molar-refractivity contribution in [1.29, 1.82) is 0 Å². The molecule has 2 aromatic heterocycles. The Bertz CT molecular complexity index is 972. The zero-order valence-corrected chi connectivity index (χ0v) is 14.7. The van der Waals surface area contributed by atoms with Crippen LogP contribution in [-0.2, 0) is 13.6 Å². The predicted octanol–water partition coefficient (Wildman–Crippen LogP) is 1.85. The van der Waals surface area contributed by atoms with Gasteiger partial charge in [-0.15, -0.1) is 0 Å². The Hall–Kier alpha value is -3.42. The lowest BCUT2D eigenvalue weighted by Crippen LogP contribution is -2.25. The van der Waals surface area contributed by atoms with Crippen LogP contribution in [0.25, 0.3) is 5.69 Å². The minimum Gasteiger partial charge on any atom is -0.477 e. The van der Waals surface area contributed by atoms with E-state index in [0.29, 0.717) is 0 Å². The fourth-order valence-electron chi connectivity index (χ4n) is 2.87. The Labute approximate surface area is 150 Å². The minimum absolute atomic E-state index is 0.0331. The molecule has 0 saturated heterocycles. The van der Waals surface area contributed by atoms with Crippen LogP contribution < -0.4 is 5.32 Å². The first-order valence-corrected chi connectivity index (χ1v) is 8.04. The number of benzene rings is 1. The van der Waals surface area contributed by atoms with Crippen molar-refractivity contribution in [2.45, 2.75) is 20.4 Å². The van der Waals surface area contributed by atoms with Crippen molar-refractivity contribution in [3.63, 3.8) is 0 Å². The number of amides is 1. The Morgan fingerprint density at radius 3 is 2.54 bits per heavy atom. The smallest absolute Gasteiger partial charge is 0.354 e. The number of carboxylic acids is 1. The summed E-state index contributed by atoms with van der Waals surface area (Å²) in [6.45, 7) is 4.05. The summed E-state index contributed by atoms with van der Waals surface area (Å²) < 4.78 is 2.99. The number of carbonyl (C=O) groups excluding carboxylic acids is 1. The molecule has 0 aliphatic rings. The molecular weight excluding hydrogens is 334 g/mol. The summed E-state index contributed by atoms with van der Waals surface area (Å²) in [5.41, 5.74) is 3.44. The first-order chi connectivity index (χ1) is 12.4. The van der Waals surface area contributed by atoms with Gasteiger partial charge in [-0.1, -0.05) is 18.2 Å². The van der Waals surface area contributed by atoms with Gasteiger partial charge >= 0.3 is 5.97 Å². The van der Waals surface area contributed by atoms with Gasteiger partial charge in [0.1, 0.15) is 0 Å². The van der Waals surface area contributed by atoms with Crippen molar-refractivity contribution in [3.8, 4) is 5.69 Å². The molecule has 134 valence electrons. The molecule has 1 amide bonds. The molecule has 0 bridgehead atoms. The zero-order chi connectivity index (χ0) is 18.8. The van der Waals surface area contributed by atoms with E-state index in [4.69, 9.17) is 0 Å². The molecule has 0 aliphatic heterocycles. The predicted molar refractivity (Wildman–Crippen MR) is 94.4 cm³/mol. The number of aromatic carboxylic acids is 1. The van der Waals surface area contributed by atoms with Gasteiger partial charge in [0.15, 0.2) is 5.69 Å². The number of aromatic nitrogens is 4. The van der Waals surface area contributed by atoms with Gasteiger partial charge in [-0.2, -0.15) is 10.2 Å². The largest absolute Gasteiger partial charge is 0.477 e. The first kappa shape index (κ1) is 17.4. The van der Waals surface area contributed by atoms with Gasteiger partial charge in [0.2, 0.25) is 0 Å². The summed E-state index contributed by atoms with van der Waals surface area (Å²) in [5.74, 6) is -1.68. The van der Waals surface area contributed by atoms with Crippen LogP contribution in [0.5, 0.6) is 0 Å². The maximum Gasteiger partial charge on any atom is 0.354 e. The van der Waals surface area contributed by atoms with E-state index in [2.05, 4.69) is 15.5 Å². The van der Waals surface area contributed by atoms with Crippen LogP contribution in [-0.4, -0.2) is 36.5 Å². The van der Waals surface area contributed by atoms with E-state index in [1.807, 2.05) is 48.9 Å². The Morgan fingerprint density at radius 2 is 1.88 bits per heavy atom. The second kappa shape index (κ2) is 6.83. The molecule has 2 heterocycles. The van der Waals surface area contributed by atoms with Gasteiger partial charge < -0.3 is 10.4 Å². The van der Waals surface area contributed by atoms with Gasteiger partial charge in [-0.3, -0.25) is 9.48 Å². The van der Waals surface area contributed by atoms with Gasteiger partial charge in [0.25, 0.3) is 5.91 Å². The molecule has 0 spiro atoms. The highest BCUT2D eigenvalue weighted by Gasteiger charge is 2.22. The van der Waals surface area contributed by atoms with Crippen LogP contribution in [0.3, 0.4) is 0 Å². The van der Waals surface area contributed by atoms with E-state index >= 15 is 0 Å². The molecule has 0 radical (unpaired) electrons. The van der Waals surface area contributed by atoms with Crippen LogP contribution in [0.15, 0.2) is 36.5 Å². The lowest BCUT2D eigenvalue weighted by atomic mass is 10.1. The second-order valence-corrected chi connectivity index (χ2v) is 5.92. The topological polar surface area (TPSA) is 102 Å². The molecule has 1 aromatic carbocycles. The number of para-hydroxylation sites is 1. The van der Waals surface area contributed by atoms with E-state index in [9.17, 15) is 14.7 Å². The maximum absolute atomic E-state index is 12.4. The van der Waals surface area contributed by atoms with Crippen LogP contribution in [0.4, 0.5) is 0 Å². The summed E-state index contributed by atoms with van der Waals surface area (Å²) in [4.78, 5) is 23.7. The molecular formula is C18H19N5O3. The third-order valence-electron chi connectivity index (χ3n) is 4.25. The highest BCUT2D eigenvalue weighted by Crippen LogP contribution is 2.18. The molecule has 26 heavy (non-hydrogen) atoms. The summed E-state index contributed by atoms with van der Waals surface area (Å²) in [5, 5.41) is 20.4. The van der Waals surface area contributed by atoms with Gasteiger partial charge in [0.05, 0.1) is 23.1 Å². The fraction of sp³-hybridized carbons (Fsp3) is 0.222. The number of nitrogens with one attached hydrogen (secondary N) is 1. The van der Waals surface area contributed by atoms with Crippen molar-refractivity contribution in [2.24, 2.45) is 7.05 Å². The molecule has 0 fully saturated rings. The van der Waals surface area contributed by atoms with Crippen molar-refractivity contribution in [3.05, 3.63) is 64.7 Å². The number of nitrogens with zero attached hydrogens (tertiary/aromatic N) is 4. The van der Waals surface area contributed by atoms with E-state index in [0.717, 1.165) is 22.6 Å². The molecule has 0 aliphatic carbocycles. The SMILES string of the molecule is Cc1nn(-c2ccccc2)c(C)c1CNC(=O)c1cnn(C)c1C(=O)O. The summed E-state index contributed by atoms with van der Waals surface area (Å²) in [6, 6.07) is 9.71. The van der Waals surface area contributed by atoms with Crippen molar-refractivity contribution >= 4 is 11.9 Å². The van der Waals surface area contributed by atoms with Crippen molar-refractivity contribution in [1.82, 2.24) is 24.9 Å². The van der Waals surface area contributed by atoms with Crippen LogP contribution in [0.2, 0.25) is 0 Å². The van der Waals surface area contributed by atoms with Gasteiger partial charge in [-0.25, -0.2) is 9.48 Å². The van der Waals surface area contributed by atoms with E-state index in [-0.39, 0.29) is 17.8 Å². The van der Waals surface area contributed by atoms with Gasteiger partial charge in [0, 0.05) is 24.8 Å². The molecule has 3 aromatic rings. The zero-order valence-electron chi connectivity index (χ0n) is 14.7. The highest BCUT2D eigenvalue weighted by atomic mass is 16.4. The number of carboxylic acid groups (broad SMARTS) is 1. The number of rotatable bonds is 5. The van der Waals surface area contributed by atoms with E-state index in [1.165, 1.54) is 17.9 Å². The monoisotopic (exact) mass is 353 g/mol. The van der Waals surface area contributed by atoms with Gasteiger partial charge in [-0.05, 0) is 26.0 Å². The quantitative estimate of drug-likeness (QED) is 0.729. The number of carbonyl (C=O) groups is 2. The molecule has 0 saturated carbocycles. The van der Waals surface area contributed by atoms with E-state index in [1.54, 1.807) is 0 Å². The molecule has 8 heteroatoms. The lowest BCUT2D eigenvalue weighted by molar-refractivity contribution is 0.0679. The number of hydrogen-bond acceptors (Lipinski definition) is 4. The molecule has 2 N–H and O–H groups in total. The van der Waals surface area contributed by atoms with Crippen molar-refractivity contribution < 1.29 is 14.7 Å². The first-order valence-electron chi connectivity index (χ1n) is 8.04. The third kappa shape index (κ3) is 3.08. The number of aryl methyl sites for hydroxylation is 2.